The van der Waals surface area contributed by atoms with Gasteiger partial charge >= 0.3 is 0 Å². The van der Waals surface area contributed by atoms with Crippen molar-refractivity contribution in [3.63, 3.8) is 0 Å². The molecule has 0 aromatic carbocycles. The largest absolute Gasteiger partial charge is 1.00 e. The van der Waals surface area contributed by atoms with Gasteiger partial charge in [0.15, 0.2) is 18.2 Å². The molecule has 0 atom stereocenters. The van der Waals surface area contributed by atoms with Gasteiger partial charge in [-0.1, -0.05) is 29.3 Å². The van der Waals surface area contributed by atoms with Crippen LogP contribution in [0.4, 0.5) is 0 Å². The summed E-state index contributed by atoms with van der Waals surface area (Å²) in [6.07, 6.45) is 7.58. The Morgan fingerprint density at radius 2 is 2.19 bits per heavy atom. The summed E-state index contributed by atoms with van der Waals surface area (Å²) in [5.74, 6) is 0.139. The molecular formula is C12H17Br2NO. The first-order valence-corrected chi connectivity index (χ1v) is 6.48. The number of aromatic nitrogens is 1. The van der Waals surface area contributed by atoms with Crippen LogP contribution >= 0.6 is 15.9 Å². The summed E-state index contributed by atoms with van der Waals surface area (Å²) in [7, 11) is 0. The molecule has 2 nitrogen and oxygen atoms in total. The highest BCUT2D eigenvalue weighted by molar-refractivity contribution is 9.09. The highest BCUT2D eigenvalue weighted by Crippen LogP contribution is 2.00. The Balaban J connectivity index is 0.00000225. The lowest BCUT2D eigenvalue weighted by atomic mass is 10.2. The average molecular weight is 351 g/mol. The van der Waals surface area contributed by atoms with Gasteiger partial charge < -0.3 is 17.0 Å². The number of alkyl halides is 1. The van der Waals surface area contributed by atoms with Crippen molar-refractivity contribution >= 4 is 21.7 Å². The summed E-state index contributed by atoms with van der Waals surface area (Å²) >= 11 is 3.18. The van der Waals surface area contributed by atoms with Crippen molar-refractivity contribution in [2.75, 3.05) is 5.33 Å². The Labute approximate surface area is 116 Å². The van der Waals surface area contributed by atoms with E-state index in [2.05, 4.69) is 27.4 Å². The molecule has 0 saturated carbocycles. The lowest BCUT2D eigenvalue weighted by Crippen LogP contribution is -3.00. The predicted octanol–water partition coefficient (Wildman–Crippen LogP) is -0.254. The predicted molar refractivity (Wildman–Crippen MR) is 64.3 cm³/mol. The lowest BCUT2D eigenvalue weighted by molar-refractivity contribution is -0.697. The second-order valence-corrected chi connectivity index (χ2v) is 4.16. The first kappa shape index (κ1) is 15.8. The van der Waals surface area contributed by atoms with Crippen LogP contribution in [0.2, 0.25) is 0 Å². The Morgan fingerprint density at radius 3 is 2.81 bits per heavy atom. The van der Waals surface area contributed by atoms with E-state index >= 15 is 0 Å². The van der Waals surface area contributed by atoms with Crippen molar-refractivity contribution in [2.45, 2.75) is 32.7 Å². The number of pyridine rings is 1. The molecule has 1 rings (SSSR count). The Morgan fingerprint density at radius 1 is 1.44 bits per heavy atom. The summed E-state index contributed by atoms with van der Waals surface area (Å²) in [6.45, 7) is 3.19. The van der Waals surface area contributed by atoms with Crippen molar-refractivity contribution in [3.05, 3.63) is 30.1 Å². The summed E-state index contributed by atoms with van der Waals surface area (Å²) in [5.41, 5.74) is 0.783. The van der Waals surface area contributed by atoms with Crippen molar-refractivity contribution in [1.82, 2.24) is 0 Å². The van der Waals surface area contributed by atoms with Gasteiger partial charge in [0.05, 0.1) is 10.9 Å². The zero-order valence-corrected chi connectivity index (χ0v) is 12.6. The van der Waals surface area contributed by atoms with Gasteiger partial charge in [0.25, 0.3) is 0 Å². The van der Waals surface area contributed by atoms with Crippen molar-refractivity contribution in [2.24, 2.45) is 0 Å². The first-order valence-electron chi connectivity index (χ1n) is 5.36. The molecule has 90 valence electrons. The van der Waals surface area contributed by atoms with Crippen LogP contribution in [0.1, 0.15) is 36.5 Å². The SMILES string of the molecule is CCCCC[n+]1cccc(C(=O)CBr)c1.[Br-]. The number of nitrogens with zero attached hydrogens (tertiary/aromatic N) is 1. The zero-order valence-electron chi connectivity index (χ0n) is 9.46. The highest BCUT2D eigenvalue weighted by Gasteiger charge is 2.08. The molecule has 1 aromatic rings. The van der Waals surface area contributed by atoms with E-state index in [1.165, 1.54) is 19.3 Å². The number of hydrogen-bond acceptors (Lipinski definition) is 1. The molecule has 1 heterocycles. The van der Waals surface area contributed by atoms with Gasteiger partial charge in [0.2, 0.25) is 0 Å². The van der Waals surface area contributed by atoms with Gasteiger partial charge in [0, 0.05) is 12.5 Å². The smallest absolute Gasteiger partial charge is 0.179 e. The molecule has 0 fully saturated rings. The fraction of sp³-hybridized carbons (Fsp3) is 0.500. The topological polar surface area (TPSA) is 20.9 Å². The fourth-order valence-corrected chi connectivity index (χ4v) is 1.77. The normalized spacial score (nSPS) is 9.62. The van der Waals surface area contributed by atoms with Crippen LogP contribution in [0.5, 0.6) is 0 Å². The van der Waals surface area contributed by atoms with E-state index in [0.29, 0.717) is 5.33 Å². The van der Waals surface area contributed by atoms with Crippen LogP contribution in [0.15, 0.2) is 24.5 Å². The van der Waals surface area contributed by atoms with Crippen LogP contribution in [-0.4, -0.2) is 11.1 Å². The van der Waals surface area contributed by atoms with Gasteiger partial charge in [-0.3, -0.25) is 4.79 Å². The molecule has 0 aliphatic rings. The van der Waals surface area contributed by atoms with E-state index in [-0.39, 0.29) is 22.8 Å². The van der Waals surface area contributed by atoms with E-state index in [9.17, 15) is 4.79 Å². The number of unbranched alkanes of at least 4 members (excludes halogenated alkanes) is 2. The number of hydrogen-bond donors (Lipinski definition) is 0. The molecule has 0 spiro atoms. The van der Waals surface area contributed by atoms with Crippen molar-refractivity contribution in [1.29, 1.82) is 0 Å². The van der Waals surface area contributed by atoms with Gasteiger partial charge in [-0.05, 0) is 12.5 Å². The zero-order chi connectivity index (χ0) is 11.1. The maximum absolute atomic E-state index is 11.4. The number of rotatable bonds is 6. The first-order chi connectivity index (χ1) is 7.27. The minimum Gasteiger partial charge on any atom is -1.00 e. The molecule has 0 amide bonds. The number of carbonyl (C=O) groups is 1. The highest BCUT2D eigenvalue weighted by atomic mass is 79.9. The second-order valence-electron chi connectivity index (χ2n) is 3.59. The van der Waals surface area contributed by atoms with Crippen molar-refractivity contribution < 1.29 is 26.3 Å². The molecule has 16 heavy (non-hydrogen) atoms. The van der Waals surface area contributed by atoms with Crippen LogP contribution in [-0.2, 0) is 6.54 Å². The quantitative estimate of drug-likeness (QED) is 0.300. The second kappa shape index (κ2) is 8.88. The fourth-order valence-electron chi connectivity index (χ4n) is 1.45. The lowest BCUT2D eigenvalue weighted by Gasteiger charge is -1.98. The molecule has 0 unspecified atom stereocenters. The number of halogens is 2. The molecule has 0 bridgehead atoms. The molecule has 4 heteroatoms. The van der Waals surface area contributed by atoms with E-state index in [1.807, 2.05) is 24.5 Å². The van der Waals surface area contributed by atoms with E-state index in [1.54, 1.807) is 0 Å². The number of Topliss-reactive ketones (excluding diaryl/α,β-unsaturated/α-hetero) is 1. The standard InChI is InChI=1S/C12H17BrNO.BrH/c1-2-3-4-7-14-8-5-6-11(10-14)12(15)9-13;/h5-6,8,10H,2-4,7,9H2,1H3;1H/q+1;/p-1. The molecule has 1 aromatic heterocycles. The van der Waals surface area contributed by atoms with Crippen LogP contribution < -0.4 is 21.5 Å². The number of aryl methyl sites for hydroxylation is 1. The molecule has 0 saturated heterocycles. The van der Waals surface area contributed by atoms with Crippen LogP contribution in [0.25, 0.3) is 0 Å². The maximum Gasteiger partial charge on any atom is 0.179 e. The van der Waals surface area contributed by atoms with Gasteiger partial charge in [-0.15, -0.1) is 0 Å². The third-order valence-electron chi connectivity index (χ3n) is 2.32. The Kier molecular flexibility index (Phi) is 8.76. The van der Waals surface area contributed by atoms with E-state index in [0.717, 1.165) is 12.1 Å². The van der Waals surface area contributed by atoms with E-state index in [4.69, 9.17) is 0 Å². The van der Waals surface area contributed by atoms with Crippen LogP contribution in [0.3, 0.4) is 0 Å². The third kappa shape index (κ3) is 5.21. The monoisotopic (exact) mass is 349 g/mol. The molecule has 0 aliphatic carbocycles. The molecule has 0 radical (unpaired) electrons. The van der Waals surface area contributed by atoms with Gasteiger partial charge in [0.1, 0.15) is 6.54 Å². The number of ketones is 1. The average Bonchev–Trinajstić information content (AvgIpc) is 2.29. The summed E-state index contributed by atoms with van der Waals surface area (Å²) in [4.78, 5) is 11.4. The number of carbonyl (C=O) groups excluding carboxylic acids is 1. The Hall–Kier alpha value is -0.220. The van der Waals surface area contributed by atoms with Crippen molar-refractivity contribution in [3.8, 4) is 0 Å². The molecule has 0 aliphatic heterocycles. The summed E-state index contributed by atoms with van der Waals surface area (Å²) in [5, 5.41) is 0.395. The third-order valence-corrected chi connectivity index (χ3v) is 2.83. The molecular weight excluding hydrogens is 334 g/mol. The minimum absolute atomic E-state index is 0. The summed E-state index contributed by atoms with van der Waals surface area (Å²) < 4.78 is 2.09. The Bertz CT molecular complexity index is 329. The van der Waals surface area contributed by atoms with Gasteiger partial charge in [-0.25, -0.2) is 4.57 Å². The van der Waals surface area contributed by atoms with E-state index < -0.39 is 0 Å². The maximum atomic E-state index is 11.4. The van der Waals surface area contributed by atoms with Crippen LogP contribution in [0, 0.1) is 0 Å². The summed E-state index contributed by atoms with van der Waals surface area (Å²) in [6, 6.07) is 3.79. The molecule has 0 N–H and O–H groups in total. The van der Waals surface area contributed by atoms with Gasteiger partial charge in [-0.2, -0.15) is 0 Å². The minimum atomic E-state index is 0.